The Kier molecular flexibility index (Phi) is 6.49. The van der Waals surface area contributed by atoms with Crippen molar-refractivity contribution in [3.8, 4) is 22.4 Å². The van der Waals surface area contributed by atoms with Crippen LogP contribution in [0.15, 0.2) is 53.8 Å². The van der Waals surface area contributed by atoms with E-state index in [4.69, 9.17) is 16.3 Å². The van der Waals surface area contributed by atoms with E-state index in [-0.39, 0.29) is 5.91 Å². The van der Waals surface area contributed by atoms with Crippen molar-refractivity contribution in [3.63, 3.8) is 0 Å². The molecule has 29 heavy (non-hydrogen) atoms. The Balaban J connectivity index is 1.53. The molecule has 3 heterocycles. The number of ether oxygens (including phenoxy) is 1. The third-order valence-corrected chi connectivity index (χ3v) is 5.98. The summed E-state index contributed by atoms with van der Waals surface area (Å²) in [6.07, 6.45) is 4.01. The van der Waals surface area contributed by atoms with E-state index in [1.54, 1.807) is 24.2 Å². The number of aromatic nitrogens is 3. The molecule has 0 unspecified atom stereocenters. The topological polar surface area (TPSA) is 71.1 Å². The third-order valence-electron chi connectivity index (χ3n) is 4.75. The SMILES string of the molecule is O=C(CCSc1n[nH]c(-c2ccc(Cl)cc2)c1-c1ccncc1)N1CCOCC1. The molecule has 150 valence electrons. The van der Waals surface area contributed by atoms with Gasteiger partial charge in [-0.05, 0) is 29.8 Å². The van der Waals surface area contributed by atoms with Crippen molar-refractivity contribution in [2.24, 2.45) is 0 Å². The van der Waals surface area contributed by atoms with Crippen LogP contribution in [-0.4, -0.2) is 58.0 Å². The van der Waals surface area contributed by atoms with Crippen LogP contribution in [0.2, 0.25) is 5.02 Å². The summed E-state index contributed by atoms with van der Waals surface area (Å²) in [6, 6.07) is 11.6. The molecule has 1 aliphatic heterocycles. The number of nitrogens with one attached hydrogen (secondary N) is 1. The number of nitrogens with zero attached hydrogens (tertiary/aromatic N) is 3. The molecule has 1 aliphatic rings. The van der Waals surface area contributed by atoms with Gasteiger partial charge in [0.1, 0.15) is 5.03 Å². The van der Waals surface area contributed by atoms with Gasteiger partial charge in [0.25, 0.3) is 0 Å². The molecule has 0 aliphatic carbocycles. The van der Waals surface area contributed by atoms with E-state index < -0.39 is 0 Å². The lowest BCUT2D eigenvalue weighted by Gasteiger charge is -2.26. The number of morpholine rings is 1. The minimum absolute atomic E-state index is 0.166. The lowest BCUT2D eigenvalue weighted by atomic mass is 10.0. The average molecular weight is 429 g/mol. The number of amides is 1. The summed E-state index contributed by atoms with van der Waals surface area (Å²) in [5, 5.41) is 9.27. The lowest BCUT2D eigenvalue weighted by molar-refractivity contribution is -0.134. The van der Waals surface area contributed by atoms with E-state index in [9.17, 15) is 4.79 Å². The predicted molar refractivity (Wildman–Crippen MR) is 115 cm³/mol. The summed E-state index contributed by atoms with van der Waals surface area (Å²) in [4.78, 5) is 18.4. The molecule has 1 N–H and O–H groups in total. The van der Waals surface area contributed by atoms with Gasteiger partial charge in [-0.25, -0.2) is 0 Å². The molecule has 2 aromatic heterocycles. The number of H-pyrrole nitrogens is 1. The zero-order valence-corrected chi connectivity index (χ0v) is 17.4. The third kappa shape index (κ3) is 4.80. The van der Waals surface area contributed by atoms with Crippen molar-refractivity contribution in [1.82, 2.24) is 20.1 Å². The largest absolute Gasteiger partial charge is 0.378 e. The fourth-order valence-corrected chi connectivity index (χ4v) is 4.32. The van der Waals surface area contributed by atoms with Crippen LogP contribution in [-0.2, 0) is 9.53 Å². The van der Waals surface area contributed by atoms with Crippen molar-refractivity contribution in [1.29, 1.82) is 0 Å². The second-order valence-corrected chi connectivity index (χ2v) is 8.13. The predicted octanol–water partition coefficient (Wildman–Crippen LogP) is 4.13. The molecule has 0 spiro atoms. The molecule has 1 fully saturated rings. The Bertz CT molecular complexity index is 957. The van der Waals surface area contributed by atoms with Crippen LogP contribution in [0.1, 0.15) is 6.42 Å². The Morgan fingerprint density at radius 3 is 2.55 bits per heavy atom. The molecule has 0 atom stereocenters. The summed E-state index contributed by atoms with van der Waals surface area (Å²) < 4.78 is 5.31. The number of thioether (sulfide) groups is 1. The lowest BCUT2D eigenvalue weighted by Crippen LogP contribution is -2.40. The second kappa shape index (κ2) is 9.43. The molecular formula is C21H21ClN4O2S. The Labute approximate surface area is 178 Å². The number of benzene rings is 1. The van der Waals surface area contributed by atoms with Gasteiger partial charge in [0.15, 0.2) is 0 Å². The maximum absolute atomic E-state index is 12.4. The van der Waals surface area contributed by atoms with Gasteiger partial charge < -0.3 is 9.64 Å². The fraction of sp³-hybridized carbons (Fsp3) is 0.286. The number of pyridine rings is 1. The van der Waals surface area contributed by atoms with Crippen molar-refractivity contribution < 1.29 is 9.53 Å². The maximum atomic E-state index is 12.4. The molecular weight excluding hydrogens is 408 g/mol. The van der Waals surface area contributed by atoms with Crippen LogP contribution in [0.25, 0.3) is 22.4 Å². The van der Waals surface area contributed by atoms with Gasteiger partial charge >= 0.3 is 0 Å². The van der Waals surface area contributed by atoms with Crippen LogP contribution < -0.4 is 0 Å². The Hall–Kier alpha value is -2.35. The number of carbonyl (C=O) groups excluding carboxylic acids is 1. The quantitative estimate of drug-likeness (QED) is 0.597. The Morgan fingerprint density at radius 1 is 1.10 bits per heavy atom. The molecule has 1 aromatic carbocycles. The molecule has 1 saturated heterocycles. The second-order valence-electron chi connectivity index (χ2n) is 6.61. The van der Waals surface area contributed by atoms with E-state index in [2.05, 4.69) is 15.2 Å². The van der Waals surface area contributed by atoms with Crippen LogP contribution in [0.5, 0.6) is 0 Å². The van der Waals surface area contributed by atoms with Gasteiger partial charge in [-0.15, -0.1) is 11.8 Å². The highest BCUT2D eigenvalue weighted by Gasteiger charge is 2.19. The molecule has 1 amide bonds. The first-order valence-corrected chi connectivity index (χ1v) is 10.8. The monoisotopic (exact) mass is 428 g/mol. The van der Waals surface area contributed by atoms with Gasteiger partial charge in [-0.2, -0.15) is 5.10 Å². The smallest absolute Gasteiger partial charge is 0.223 e. The highest BCUT2D eigenvalue weighted by molar-refractivity contribution is 7.99. The van der Waals surface area contributed by atoms with E-state index in [1.807, 2.05) is 41.3 Å². The number of halogens is 1. The summed E-state index contributed by atoms with van der Waals surface area (Å²) in [6.45, 7) is 2.59. The number of rotatable bonds is 6. The molecule has 0 bridgehead atoms. The van der Waals surface area contributed by atoms with Crippen molar-refractivity contribution in [2.75, 3.05) is 32.1 Å². The first kappa shape index (κ1) is 19.9. The molecule has 0 radical (unpaired) electrons. The van der Waals surface area contributed by atoms with Crippen LogP contribution >= 0.6 is 23.4 Å². The summed E-state index contributed by atoms with van der Waals surface area (Å²) in [7, 11) is 0. The summed E-state index contributed by atoms with van der Waals surface area (Å²) in [5.41, 5.74) is 3.97. The molecule has 0 saturated carbocycles. The van der Waals surface area contributed by atoms with Gasteiger partial charge in [0, 0.05) is 53.8 Å². The zero-order valence-electron chi connectivity index (χ0n) is 15.8. The minimum atomic E-state index is 0.166. The number of carbonyl (C=O) groups is 1. The van der Waals surface area contributed by atoms with E-state index in [1.165, 1.54) is 0 Å². The normalized spacial score (nSPS) is 14.2. The standard InChI is InChI=1S/C21H21ClN4O2S/c22-17-3-1-16(2-4-17)20-19(15-5-8-23-9-6-15)21(25-24-20)29-14-7-18(27)26-10-12-28-13-11-26/h1-6,8-9H,7,10-14H2,(H,24,25). The average Bonchev–Trinajstić information content (AvgIpc) is 3.19. The van der Waals surface area contributed by atoms with Crippen LogP contribution in [0.4, 0.5) is 0 Å². The van der Waals surface area contributed by atoms with E-state index in [0.717, 1.165) is 27.4 Å². The number of aromatic amines is 1. The zero-order chi connectivity index (χ0) is 20.1. The molecule has 3 aromatic rings. The Morgan fingerprint density at radius 2 is 1.83 bits per heavy atom. The molecule has 4 rings (SSSR count). The maximum Gasteiger partial charge on any atom is 0.223 e. The number of hydrogen-bond acceptors (Lipinski definition) is 5. The van der Waals surface area contributed by atoms with Gasteiger partial charge in [-0.3, -0.25) is 14.9 Å². The van der Waals surface area contributed by atoms with Gasteiger partial charge in [-0.1, -0.05) is 23.7 Å². The van der Waals surface area contributed by atoms with Gasteiger partial charge in [0.05, 0.1) is 18.9 Å². The van der Waals surface area contributed by atoms with E-state index >= 15 is 0 Å². The summed E-state index contributed by atoms with van der Waals surface area (Å²) >= 11 is 7.63. The first-order chi connectivity index (χ1) is 14.2. The van der Waals surface area contributed by atoms with Crippen molar-refractivity contribution in [3.05, 3.63) is 53.8 Å². The molecule has 6 nitrogen and oxygen atoms in total. The minimum Gasteiger partial charge on any atom is -0.378 e. The number of hydrogen-bond donors (Lipinski definition) is 1. The highest BCUT2D eigenvalue weighted by Crippen LogP contribution is 2.38. The molecule has 8 heteroatoms. The van der Waals surface area contributed by atoms with Crippen LogP contribution in [0, 0.1) is 0 Å². The van der Waals surface area contributed by atoms with Crippen LogP contribution in [0.3, 0.4) is 0 Å². The van der Waals surface area contributed by atoms with Crippen molar-refractivity contribution in [2.45, 2.75) is 11.4 Å². The highest BCUT2D eigenvalue weighted by atomic mass is 35.5. The first-order valence-electron chi connectivity index (χ1n) is 9.45. The van der Waals surface area contributed by atoms with Crippen molar-refractivity contribution >= 4 is 29.3 Å². The van der Waals surface area contributed by atoms with E-state index in [0.29, 0.717) is 43.5 Å². The fourth-order valence-electron chi connectivity index (χ4n) is 3.25. The van der Waals surface area contributed by atoms with Gasteiger partial charge in [0.2, 0.25) is 5.91 Å². The summed E-state index contributed by atoms with van der Waals surface area (Å²) in [5.74, 6) is 0.832.